The Morgan fingerprint density at radius 1 is 1.00 bits per heavy atom. The molecule has 214 valence electrons. The van der Waals surface area contributed by atoms with E-state index in [0.717, 1.165) is 0 Å². The number of esters is 2. The van der Waals surface area contributed by atoms with Crippen molar-refractivity contribution in [3.63, 3.8) is 0 Å². The third-order valence-corrected chi connectivity index (χ3v) is 5.58. The average Bonchev–Trinajstić information content (AvgIpc) is 2.87. The molecule has 1 aliphatic rings. The Hall–Kier alpha value is -3.77. The van der Waals surface area contributed by atoms with Crippen LogP contribution in [0.5, 0.6) is 0 Å². The number of carboxylic acids is 1. The standard InChI is InChI=1S/C27H36N2O10/c1-6-11-36-14-19-22(24(30)31)21(17-9-8-10-18(13-17)29(34)35)23(20(28-19)15-37-12-7-2)25(32)38-16-39-26(33)27(3,4)5/h8-10,13,21,28H,6-7,11-12,14-16H2,1-5H3,(H,30,31)/t21-/m0/s1. The molecule has 0 spiro atoms. The molecule has 1 aromatic carbocycles. The van der Waals surface area contributed by atoms with Crippen LogP contribution in [0.1, 0.15) is 58.9 Å². The summed E-state index contributed by atoms with van der Waals surface area (Å²) in [4.78, 5) is 49.1. The number of nitro benzene ring substituents is 1. The van der Waals surface area contributed by atoms with E-state index < -0.39 is 41.0 Å². The van der Waals surface area contributed by atoms with Crippen LogP contribution in [0, 0.1) is 15.5 Å². The Kier molecular flexibility index (Phi) is 11.6. The third kappa shape index (κ3) is 8.62. The van der Waals surface area contributed by atoms with Crippen molar-refractivity contribution in [3.05, 3.63) is 62.5 Å². The van der Waals surface area contributed by atoms with Crippen LogP contribution in [0.25, 0.3) is 0 Å². The highest BCUT2D eigenvalue weighted by molar-refractivity contribution is 5.99. The Labute approximate surface area is 227 Å². The molecule has 0 saturated carbocycles. The van der Waals surface area contributed by atoms with Crippen LogP contribution >= 0.6 is 0 Å². The maximum Gasteiger partial charge on any atom is 0.339 e. The highest BCUT2D eigenvalue weighted by atomic mass is 16.7. The van der Waals surface area contributed by atoms with Crippen molar-refractivity contribution in [1.82, 2.24) is 5.32 Å². The average molecular weight is 549 g/mol. The molecule has 1 aromatic rings. The van der Waals surface area contributed by atoms with E-state index in [1.807, 2.05) is 13.8 Å². The number of aliphatic carboxylic acids is 1. The lowest BCUT2D eigenvalue weighted by Gasteiger charge is -2.32. The predicted molar refractivity (Wildman–Crippen MR) is 139 cm³/mol. The first-order chi connectivity index (χ1) is 18.4. The van der Waals surface area contributed by atoms with Gasteiger partial charge in [0.25, 0.3) is 5.69 Å². The van der Waals surface area contributed by atoms with Crippen molar-refractivity contribution in [2.45, 2.75) is 53.4 Å². The lowest BCUT2D eigenvalue weighted by atomic mass is 9.80. The number of rotatable bonds is 14. The van der Waals surface area contributed by atoms with E-state index in [1.54, 1.807) is 20.8 Å². The first-order valence-corrected chi connectivity index (χ1v) is 12.6. The molecule has 1 atom stereocenters. The van der Waals surface area contributed by atoms with Gasteiger partial charge in [0, 0.05) is 25.3 Å². The van der Waals surface area contributed by atoms with Gasteiger partial charge in [0.2, 0.25) is 6.79 Å². The first kappa shape index (κ1) is 31.4. The minimum Gasteiger partial charge on any atom is -0.478 e. The molecule has 0 radical (unpaired) electrons. The molecule has 39 heavy (non-hydrogen) atoms. The van der Waals surface area contributed by atoms with Crippen molar-refractivity contribution >= 4 is 23.6 Å². The topological polar surface area (TPSA) is 164 Å². The van der Waals surface area contributed by atoms with Gasteiger partial charge < -0.3 is 29.4 Å². The van der Waals surface area contributed by atoms with Crippen molar-refractivity contribution < 1.29 is 43.4 Å². The first-order valence-electron chi connectivity index (χ1n) is 12.6. The van der Waals surface area contributed by atoms with E-state index in [1.165, 1.54) is 24.3 Å². The molecule has 0 aromatic heterocycles. The number of benzene rings is 1. The molecular weight excluding hydrogens is 512 g/mol. The number of nitro groups is 1. The van der Waals surface area contributed by atoms with Crippen molar-refractivity contribution in [2.24, 2.45) is 5.41 Å². The molecule has 0 amide bonds. The predicted octanol–water partition coefficient (Wildman–Crippen LogP) is 3.82. The summed E-state index contributed by atoms with van der Waals surface area (Å²) in [5, 5.41) is 24.7. The zero-order valence-corrected chi connectivity index (χ0v) is 22.9. The molecule has 2 rings (SSSR count). The van der Waals surface area contributed by atoms with Gasteiger partial charge in [-0.2, -0.15) is 0 Å². The summed E-state index contributed by atoms with van der Waals surface area (Å²) in [5.74, 6) is -4.20. The maximum atomic E-state index is 13.5. The molecule has 0 aliphatic carbocycles. The number of non-ortho nitro benzene ring substituents is 1. The lowest BCUT2D eigenvalue weighted by molar-refractivity contribution is -0.384. The van der Waals surface area contributed by atoms with Gasteiger partial charge >= 0.3 is 17.9 Å². The van der Waals surface area contributed by atoms with E-state index in [2.05, 4.69) is 5.32 Å². The fourth-order valence-electron chi connectivity index (χ4n) is 3.75. The summed E-state index contributed by atoms with van der Waals surface area (Å²) in [7, 11) is 0. The van der Waals surface area contributed by atoms with Crippen LogP contribution in [-0.4, -0.2) is 61.2 Å². The summed E-state index contributed by atoms with van der Waals surface area (Å²) in [6, 6.07) is 5.37. The Morgan fingerprint density at radius 2 is 1.59 bits per heavy atom. The van der Waals surface area contributed by atoms with Gasteiger partial charge in [0.1, 0.15) is 0 Å². The van der Waals surface area contributed by atoms with Crippen LogP contribution in [0.4, 0.5) is 5.69 Å². The van der Waals surface area contributed by atoms with E-state index >= 15 is 0 Å². The molecule has 1 aliphatic heterocycles. The van der Waals surface area contributed by atoms with Crippen molar-refractivity contribution in [1.29, 1.82) is 0 Å². The highest BCUT2D eigenvalue weighted by Crippen LogP contribution is 2.40. The van der Waals surface area contributed by atoms with Crippen LogP contribution in [0.2, 0.25) is 0 Å². The molecule has 0 fully saturated rings. The number of carbonyl (C=O) groups excluding carboxylic acids is 2. The van der Waals surface area contributed by atoms with Gasteiger partial charge in [-0.1, -0.05) is 26.0 Å². The fourth-order valence-corrected chi connectivity index (χ4v) is 3.75. The molecule has 12 nitrogen and oxygen atoms in total. The zero-order chi connectivity index (χ0) is 29.2. The van der Waals surface area contributed by atoms with E-state index in [4.69, 9.17) is 18.9 Å². The minimum atomic E-state index is -1.35. The number of nitrogens with one attached hydrogen (secondary N) is 1. The second kappa shape index (κ2) is 14.4. The van der Waals surface area contributed by atoms with E-state index in [0.29, 0.717) is 26.1 Å². The third-order valence-electron chi connectivity index (χ3n) is 5.58. The Balaban J connectivity index is 2.64. The lowest BCUT2D eigenvalue weighted by Crippen LogP contribution is -2.37. The molecule has 1 heterocycles. The van der Waals surface area contributed by atoms with Crippen molar-refractivity contribution in [2.75, 3.05) is 33.2 Å². The molecular formula is C27H36N2O10. The summed E-state index contributed by atoms with van der Waals surface area (Å²) in [5.41, 5.74) is -0.905. The number of nitrogens with zero attached hydrogens (tertiary/aromatic N) is 1. The van der Waals surface area contributed by atoms with Crippen LogP contribution < -0.4 is 5.32 Å². The number of carbonyl (C=O) groups is 3. The molecule has 0 bridgehead atoms. The molecule has 0 unspecified atom stereocenters. The van der Waals surface area contributed by atoms with Crippen molar-refractivity contribution in [3.8, 4) is 0 Å². The SMILES string of the molecule is CCCOCC1=C(C(=O)O)[C@H](c2cccc([N+](=O)[O-])c2)C(C(=O)OCOC(=O)C(C)(C)C)=C(COCCC)N1. The number of hydrogen-bond acceptors (Lipinski definition) is 10. The molecule has 12 heteroatoms. The Morgan fingerprint density at radius 3 is 2.10 bits per heavy atom. The largest absolute Gasteiger partial charge is 0.478 e. The van der Waals surface area contributed by atoms with E-state index in [-0.39, 0.29) is 47.0 Å². The maximum absolute atomic E-state index is 13.5. The summed E-state index contributed by atoms with van der Waals surface area (Å²) >= 11 is 0. The van der Waals surface area contributed by atoms with Crippen LogP contribution in [0.15, 0.2) is 46.8 Å². The molecule has 2 N–H and O–H groups in total. The number of hydrogen-bond donors (Lipinski definition) is 2. The highest BCUT2D eigenvalue weighted by Gasteiger charge is 2.40. The zero-order valence-electron chi connectivity index (χ0n) is 22.9. The quantitative estimate of drug-likeness (QED) is 0.114. The van der Waals surface area contributed by atoms with Gasteiger partial charge in [-0.25, -0.2) is 9.59 Å². The summed E-state index contributed by atoms with van der Waals surface area (Å²) in [6.07, 6.45) is 1.38. The fraction of sp³-hybridized carbons (Fsp3) is 0.519. The molecule has 0 saturated heterocycles. The second-order valence-corrected chi connectivity index (χ2v) is 9.84. The van der Waals surface area contributed by atoms with Gasteiger partial charge in [-0.15, -0.1) is 0 Å². The second-order valence-electron chi connectivity index (χ2n) is 9.84. The van der Waals surface area contributed by atoms with Gasteiger partial charge in [0.05, 0.1) is 52.0 Å². The number of ether oxygens (including phenoxy) is 4. The Bertz CT molecular complexity index is 1130. The summed E-state index contributed by atoms with van der Waals surface area (Å²) in [6.45, 7) is 8.52. The normalized spacial score (nSPS) is 15.6. The monoisotopic (exact) mass is 548 g/mol. The van der Waals surface area contributed by atoms with Crippen LogP contribution in [-0.2, 0) is 33.3 Å². The van der Waals surface area contributed by atoms with Crippen LogP contribution in [0.3, 0.4) is 0 Å². The smallest absolute Gasteiger partial charge is 0.339 e. The van der Waals surface area contributed by atoms with Gasteiger partial charge in [-0.3, -0.25) is 14.9 Å². The van der Waals surface area contributed by atoms with Gasteiger partial charge in [0.15, 0.2) is 0 Å². The number of dihydropyridines is 1. The minimum absolute atomic E-state index is 0.102. The van der Waals surface area contributed by atoms with Gasteiger partial charge in [-0.05, 0) is 39.2 Å². The van der Waals surface area contributed by atoms with E-state index in [9.17, 15) is 29.6 Å². The number of carboxylic acid groups (broad SMARTS) is 1. The summed E-state index contributed by atoms with van der Waals surface area (Å²) < 4.78 is 21.6.